The van der Waals surface area contributed by atoms with Gasteiger partial charge in [0.25, 0.3) is 5.91 Å². The highest BCUT2D eigenvalue weighted by Crippen LogP contribution is 2.36. The lowest BCUT2D eigenvalue weighted by atomic mass is 9.77. The fourth-order valence-electron chi connectivity index (χ4n) is 4.05. The zero-order valence-corrected chi connectivity index (χ0v) is 19.3. The average molecular weight is 431 g/mol. The summed E-state index contributed by atoms with van der Waals surface area (Å²) in [6.07, 6.45) is 3.83. The van der Waals surface area contributed by atoms with Gasteiger partial charge in [-0.05, 0) is 35.8 Å². The fraction of sp³-hybridized carbons (Fsp3) is 0.640. The summed E-state index contributed by atoms with van der Waals surface area (Å²) in [5, 5.41) is 8.96. The molecular weight excluding hydrogens is 392 g/mol. The molecule has 1 aromatic carbocycles. The second-order valence-electron chi connectivity index (χ2n) is 9.64. The molecule has 2 aliphatic heterocycles. The van der Waals surface area contributed by atoms with Crippen molar-refractivity contribution in [1.29, 1.82) is 0 Å². The molecule has 2 aliphatic rings. The van der Waals surface area contributed by atoms with Crippen LogP contribution in [0, 0.1) is 11.3 Å². The van der Waals surface area contributed by atoms with Crippen LogP contribution in [0.5, 0.6) is 0 Å². The molecule has 31 heavy (non-hydrogen) atoms. The Morgan fingerprint density at radius 1 is 1.13 bits per heavy atom. The van der Waals surface area contributed by atoms with E-state index in [1.165, 1.54) is 5.56 Å². The van der Waals surface area contributed by atoms with Gasteiger partial charge in [-0.3, -0.25) is 9.69 Å². The molecule has 3 rings (SSSR count). The van der Waals surface area contributed by atoms with Gasteiger partial charge in [0.15, 0.2) is 5.76 Å². The number of carbonyl (C=O) groups excluding carboxylic acids is 1. The van der Waals surface area contributed by atoms with Crippen LogP contribution >= 0.6 is 0 Å². The van der Waals surface area contributed by atoms with Crippen LogP contribution in [0.15, 0.2) is 42.2 Å². The quantitative estimate of drug-likeness (QED) is 0.641. The molecule has 0 saturated carbocycles. The predicted octanol–water partition coefficient (Wildman–Crippen LogP) is 3.41. The molecular formula is C25H38N2O4. The smallest absolute Gasteiger partial charge is 0.288 e. The third-order valence-electron chi connectivity index (χ3n) is 6.15. The Kier molecular flexibility index (Phi) is 8.52. The number of aliphatic hydroxyl groups excluding tert-OH is 1. The van der Waals surface area contributed by atoms with E-state index in [9.17, 15) is 4.79 Å². The van der Waals surface area contributed by atoms with E-state index >= 15 is 0 Å². The fourth-order valence-corrected chi connectivity index (χ4v) is 4.05. The van der Waals surface area contributed by atoms with E-state index in [-0.39, 0.29) is 23.8 Å². The lowest BCUT2D eigenvalue weighted by Crippen LogP contribution is -2.49. The summed E-state index contributed by atoms with van der Waals surface area (Å²) >= 11 is 0. The van der Waals surface area contributed by atoms with Gasteiger partial charge in [0.2, 0.25) is 6.29 Å². The van der Waals surface area contributed by atoms with Gasteiger partial charge in [-0.1, -0.05) is 51.1 Å². The van der Waals surface area contributed by atoms with Crippen molar-refractivity contribution in [2.24, 2.45) is 11.3 Å². The number of benzene rings is 1. The monoisotopic (exact) mass is 430 g/mol. The largest absolute Gasteiger partial charge is 0.459 e. The van der Waals surface area contributed by atoms with Crippen LogP contribution in [0.2, 0.25) is 0 Å². The first-order valence-electron chi connectivity index (χ1n) is 11.5. The van der Waals surface area contributed by atoms with E-state index in [0.29, 0.717) is 31.9 Å². The summed E-state index contributed by atoms with van der Waals surface area (Å²) in [5.41, 5.74) is 1.32. The van der Waals surface area contributed by atoms with E-state index in [0.717, 1.165) is 32.5 Å². The van der Waals surface area contributed by atoms with Crippen LogP contribution < -0.4 is 0 Å². The molecule has 0 spiro atoms. The minimum Gasteiger partial charge on any atom is -0.459 e. The maximum Gasteiger partial charge on any atom is 0.288 e. The maximum absolute atomic E-state index is 13.2. The van der Waals surface area contributed by atoms with Crippen LogP contribution in [0.4, 0.5) is 0 Å². The Labute approximate surface area is 186 Å². The number of rotatable bonds is 8. The van der Waals surface area contributed by atoms with E-state index in [1.54, 1.807) is 0 Å². The summed E-state index contributed by atoms with van der Waals surface area (Å²) in [5.74, 6) is 0.606. The molecule has 0 bridgehead atoms. The van der Waals surface area contributed by atoms with Gasteiger partial charge in [-0.2, -0.15) is 0 Å². The second kappa shape index (κ2) is 11.1. The summed E-state index contributed by atoms with van der Waals surface area (Å²) < 4.78 is 11.9. The number of nitrogens with zero attached hydrogens (tertiary/aromatic N) is 2. The van der Waals surface area contributed by atoms with Crippen molar-refractivity contribution in [3.05, 3.63) is 47.7 Å². The highest BCUT2D eigenvalue weighted by atomic mass is 16.7. The van der Waals surface area contributed by atoms with Gasteiger partial charge >= 0.3 is 0 Å². The summed E-state index contributed by atoms with van der Waals surface area (Å²) in [6, 6.07) is 10.5. The highest BCUT2D eigenvalue weighted by Gasteiger charge is 2.35. The number of amides is 1. The SMILES string of the molecule is CC(C)(C)[C@H]1C=C(C(=O)N2CCN(Cc3ccccc3)CC2)O[C@@H](OCCCCO)C1. The molecule has 0 radical (unpaired) electrons. The molecule has 1 amide bonds. The van der Waals surface area contributed by atoms with E-state index in [4.69, 9.17) is 14.6 Å². The van der Waals surface area contributed by atoms with Gasteiger partial charge < -0.3 is 19.5 Å². The minimum absolute atomic E-state index is 0.0242. The Bertz CT molecular complexity index is 721. The van der Waals surface area contributed by atoms with Gasteiger partial charge in [0, 0.05) is 45.8 Å². The molecule has 0 aliphatic carbocycles. The first kappa shape index (κ1) is 23.8. The van der Waals surface area contributed by atoms with Gasteiger partial charge in [0.05, 0.1) is 6.61 Å². The van der Waals surface area contributed by atoms with Crippen molar-refractivity contribution in [1.82, 2.24) is 9.80 Å². The van der Waals surface area contributed by atoms with Crippen LogP contribution in [0.25, 0.3) is 0 Å². The molecule has 1 fully saturated rings. The molecule has 1 aromatic rings. The van der Waals surface area contributed by atoms with Gasteiger partial charge in [-0.25, -0.2) is 0 Å². The summed E-state index contributed by atoms with van der Waals surface area (Å²) in [6.45, 7) is 11.3. The second-order valence-corrected chi connectivity index (χ2v) is 9.64. The van der Waals surface area contributed by atoms with Crippen LogP contribution in [0.1, 0.15) is 45.6 Å². The van der Waals surface area contributed by atoms with Gasteiger partial charge in [-0.15, -0.1) is 0 Å². The molecule has 1 saturated heterocycles. The first-order valence-corrected chi connectivity index (χ1v) is 11.5. The lowest BCUT2D eigenvalue weighted by molar-refractivity contribution is -0.159. The number of aliphatic hydroxyl groups is 1. The lowest BCUT2D eigenvalue weighted by Gasteiger charge is -2.39. The standard InChI is InChI=1S/C25H38N2O4/c1-25(2,3)21-17-22(31-23(18-21)30-16-8-7-15-28)24(29)27-13-11-26(12-14-27)19-20-9-5-4-6-10-20/h4-6,9-10,17,21,23,28H,7-8,11-16,18-19H2,1-3H3/t21-,23+/m0/s1. The third kappa shape index (κ3) is 7.06. The number of carbonyl (C=O) groups is 1. The zero-order valence-electron chi connectivity index (χ0n) is 19.3. The van der Waals surface area contributed by atoms with Crippen molar-refractivity contribution < 1.29 is 19.4 Å². The van der Waals surface area contributed by atoms with Crippen molar-refractivity contribution in [3.8, 4) is 0 Å². The predicted molar refractivity (Wildman–Crippen MR) is 121 cm³/mol. The topological polar surface area (TPSA) is 62.2 Å². The number of hydrogen-bond acceptors (Lipinski definition) is 5. The number of allylic oxidation sites excluding steroid dienone is 1. The maximum atomic E-state index is 13.2. The normalized spacial score (nSPS) is 22.7. The van der Waals surface area contributed by atoms with Crippen LogP contribution in [0.3, 0.4) is 0 Å². The molecule has 0 unspecified atom stereocenters. The highest BCUT2D eigenvalue weighted by molar-refractivity contribution is 5.91. The summed E-state index contributed by atoms with van der Waals surface area (Å²) in [7, 11) is 0. The molecule has 172 valence electrons. The molecule has 0 aromatic heterocycles. The van der Waals surface area contributed by atoms with Crippen molar-refractivity contribution in [2.75, 3.05) is 39.4 Å². The number of ether oxygens (including phenoxy) is 2. The Morgan fingerprint density at radius 2 is 1.84 bits per heavy atom. The Morgan fingerprint density at radius 3 is 2.48 bits per heavy atom. The van der Waals surface area contributed by atoms with E-state index in [1.807, 2.05) is 17.0 Å². The number of unbranched alkanes of at least 4 members (excludes halogenated alkanes) is 1. The van der Waals surface area contributed by atoms with Crippen molar-refractivity contribution in [2.45, 2.75) is 52.9 Å². The molecule has 6 nitrogen and oxygen atoms in total. The Balaban J connectivity index is 1.57. The van der Waals surface area contributed by atoms with E-state index < -0.39 is 6.29 Å². The van der Waals surface area contributed by atoms with E-state index in [2.05, 4.69) is 49.9 Å². The van der Waals surface area contributed by atoms with Crippen LogP contribution in [-0.4, -0.2) is 66.5 Å². The van der Waals surface area contributed by atoms with Crippen molar-refractivity contribution >= 4 is 5.91 Å². The third-order valence-corrected chi connectivity index (χ3v) is 6.15. The first-order chi connectivity index (χ1) is 14.9. The molecule has 2 atom stereocenters. The molecule has 6 heteroatoms. The van der Waals surface area contributed by atoms with Gasteiger partial charge in [0.1, 0.15) is 0 Å². The summed E-state index contributed by atoms with van der Waals surface area (Å²) in [4.78, 5) is 17.5. The average Bonchev–Trinajstić information content (AvgIpc) is 2.77. The number of piperazine rings is 1. The molecule has 2 heterocycles. The van der Waals surface area contributed by atoms with Crippen molar-refractivity contribution in [3.63, 3.8) is 0 Å². The number of hydrogen-bond donors (Lipinski definition) is 1. The zero-order chi connectivity index (χ0) is 22.3. The Hall–Kier alpha value is -1.89. The minimum atomic E-state index is -0.411. The van der Waals surface area contributed by atoms with Crippen LogP contribution in [-0.2, 0) is 20.8 Å². The molecule has 1 N–H and O–H groups in total.